The summed E-state index contributed by atoms with van der Waals surface area (Å²) in [7, 11) is 3.48. The van der Waals surface area contributed by atoms with Crippen LogP contribution in [0.15, 0.2) is 24.3 Å². The molecule has 0 saturated heterocycles. The van der Waals surface area contributed by atoms with Gasteiger partial charge in [-0.3, -0.25) is 0 Å². The molecular formula is C17H29N3O. The maximum atomic E-state index is 11.4. The van der Waals surface area contributed by atoms with E-state index in [1.807, 2.05) is 0 Å². The first kappa shape index (κ1) is 17.5. The Morgan fingerprint density at radius 2 is 1.86 bits per heavy atom. The van der Waals surface area contributed by atoms with Crippen molar-refractivity contribution in [3.63, 3.8) is 0 Å². The molecule has 1 aromatic carbocycles. The van der Waals surface area contributed by atoms with Crippen molar-refractivity contribution in [2.45, 2.75) is 39.2 Å². The number of aryl methyl sites for hydroxylation is 1. The van der Waals surface area contributed by atoms with Gasteiger partial charge in [-0.1, -0.05) is 37.6 Å². The normalized spacial score (nSPS) is 12.0. The van der Waals surface area contributed by atoms with E-state index in [4.69, 9.17) is 0 Å². The molecule has 1 atom stereocenters. The van der Waals surface area contributed by atoms with Gasteiger partial charge in [0.25, 0.3) is 0 Å². The highest BCUT2D eigenvalue weighted by atomic mass is 16.2. The lowest BCUT2D eigenvalue weighted by atomic mass is 10.0. The standard InChI is InChI=1S/C17H29N3O/c1-5-6-7-15-8-10-16(11-9-15)14(2)18-12-13-19-17(21)20(3)4/h8-11,14,18H,5-7,12-13H2,1-4H3,(H,19,21). The number of carbonyl (C=O) groups is 1. The molecule has 0 heterocycles. The van der Waals surface area contributed by atoms with Crippen LogP contribution in [0.1, 0.15) is 43.9 Å². The zero-order valence-corrected chi connectivity index (χ0v) is 13.8. The maximum Gasteiger partial charge on any atom is 0.316 e. The zero-order valence-electron chi connectivity index (χ0n) is 13.8. The second-order valence-corrected chi connectivity index (χ2v) is 5.65. The second-order valence-electron chi connectivity index (χ2n) is 5.65. The number of carbonyl (C=O) groups excluding carboxylic acids is 1. The molecule has 1 rings (SSSR count). The number of hydrogen-bond acceptors (Lipinski definition) is 2. The van der Waals surface area contributed by atoms with Gasteiger partial charge in [0.05, 0.1) is 0 Å². The summed E-state index contributed by atoms with van der Waals surface area (Å²) in [6.45, 7) is 5.76. The van der Waals surface area contributed by atoms with Gasteiger partial charge in [0, 0.05) is 33.2 Å². The molecule has 4 nitrogen and oxygen atoms in total. The van der Waals surface area contributed by atoms with E-state index in [1.54, 1.807) is 19.0 Å². The highest BCUT2D eigenvalue weighted by molar-refractivity contribution is 5.73. The molecule has 0 fully saturated rings. The highest BCUT2D eigenvalue weighted by Gasteiger charge is 2.05. The fraction of sp³-hybridized carbons (Fsp3) is 0.588. The zero-order chi connectivity index (χ0) is 15.7. The Labute approximate surface area is 128 Å². The summed E-state index contributed by atoms with van der Waals surface area (Å²) in [6.07, 6.45) is 3.65. The summed E-state index contributed by atoms with van der Waals surface area (Å²) in [5.41, 5.74) is 2.69. The van der Waals surface area contributed by atoms with Crippen molar-refractivity contribution < 1.29 is 4.79 Å². The van der Waals surface area contributed by atoms with Gasteiger partial charge in [-0.25, -0.2) is 4.79 Å². The van der Waals surface area contributed by atoms with Gasteiger partial charge < -0.3 is 15.5 Å². The minimum atomic E-state index is -0.0512. The Hall–Kier alpha value is -1.55. The SMILES string of the molecule is CCCCc1ccc(C(C)NCCNC(=O)N(C)C)cc1. The second kappa shape index (κ2) is 9.40. The lowest BCUT2D eigenvalue weighted by molar-refractivity contribution is 0.217. The first-order valence-electron chi connectivity index (χ1n) is 7.82. The van der Waals surface area contributed by atoms with Crippen LogP contribution in [-0.4, -0.2) is 38.1 Å². The summed E-state index contributed by atoms with van der Waals surface area (Å²) < 4.78 is 0. The van der Waals surface area contributed by atoms with Crippen LogP contribution in [-0.2, 0) is 6.42 Å². The van der Waals surface area contributed by atoms with Gasteiger partial charge in [-0.2, -0.15) is 0 Å². The number of rotatable bonds is 8. The average Bonchev–Trinajstić information content (AvgIpc) is 2.49. The molecule has 0 saturated carbocycles. The third-order valence-corrected chi connectivity index (χ3v) is 3.56. The van der Waals surface area contributed by atoms with Crippen LogP contribution in [0.25, 0.3) is 0 Å². The lowest BCUT2D eigenvalue weighted by Gasteiger charge is -2.16. The molecule has 2 amide bonds. The summed E-state index contributed by atoms with van der Waals surface area (Å²) in [5, 5.41) is 6.27. The molecular weight excluding hydrogens is 262 g/mol. The third kappa shape index (κ3) is 6.63. The fourth-order valence-electron chi connectivity index (χ4n) is 2.09. The smallest absolute Gasteiger partial charge is 0.316 e. The molecule has 118 valence electrons. The summed E-state index contributed by atoms with van der Waals surface area (Å²) in [6, 6.07) is 9.07. The molecule has 2 N–H and O–H groups in total. The Morgan fingerprint density at radius 1 is 1.19 bits per heavy atom. The number of urea groups is 1. The van der Waals surface area contributed by atoms with Crippen molar-refractivity contribution in [2.24, 2.45) is 0 Å². The molecule has 1 unspecified atom stereocenters. The van der Waals surface area contributed by atoms with Gasteiger partial charge >= 0.3 is 6.03 Å². The van der Waals surface area contributed by atoms with E-state index in [0.717, 1.165) is 13.0 Å². The van der Waals surface area contributed by atoms with Gasteiger partial charge in [0.2, 0.25) is 0 Å². The molecule has 1 aromatic rings. The largest absolute Gasteiger partial charge is 0.337 e. The van der Waals surface area contributed by atoms with Crippen molar-refractivity contribution >= 4 is 6.03 Å². The predicted octanol–water partition coefficient (Wildman–Crippen LogP) is 2.95. The minimum Gasteiger partial charge on any atom is -0.337 e. The number of unbranched alkanes of at least 4 members (excludes halogenated alkanes) is 1. The molecule has 21 heavy (non-hydrogen) atoms. The fourth-order valence-corrected chi connectivity index (χ4v) is 2.09. The molecule has 0 spiro atoms. The van der Waals surface area contributed by atoms with Gasteiger partial charge in [-0.05, 0) is 30.9 Å². The highest BCUT2D eigenvalue weighted by Crippen LogP contribution is 2.14. The van der Waals surface area contributed by atoms with Gasteiger partial charge in [0.15, 0.2) is 0 Å². The number of nitrogens with zero attached hydrogens (tertiary/aromatic N) is 1. The predicted molar refractivity (Wildman–Crippen MR) is 88.6 cm³/mol. The Morgan fingerprint density at radius 3 is 2.43 bits per heavy atom. The molecule has 0 aromatic heterocycles. The van der Waals surface area contributed by atoms with Crippen LogP contribution < -0.4 is 10.6 Å². The third-order valence-electron chi connectivity index (χ3n) is 3.56. The van der Waals surface area contributed by atoms with E-state index in [0.29, 0.717) is 12.6 Å². The number of amides is 2. The van der Waals surface area contributed by atoms with E-state index in [1.165, 1.54) is 24.0 Å². The average molecular weight is 291 g/mol. The molecule has 0 aliphatic rings. The van der Waals surface area contributed by atoms with E-state index in [2.05, 4.69) is 48.7 Å². The summed E-state index contributed by atoms with van der Waals surface area (Å²) in [4.78, 5) is 12.9. The first-order chi connectivity index (χ1) is 10.0. The van der Waals surface area contributed by atoms with E-state index in [-0.39, 0.29) is 6.03 Å². The molecule has 0 aliphatic heterocycles. The Bertz CT molecular complexity index is 415. The number of nitrogens with one attached hydrogen (secondary N) is 2. The molecule has 0 aliphatic carbocycles. The van der Waals surface area contributed by atoms with Gasteiger partial charge in [0.1, 0.15) is 0 Å². The van der Waals surface area contributed by atoms with Crippen molar-refractivity contribution in [1.82, 2.24) is 15.5 Å². The summed E-state index contributed by atoms with van der Waals surface area (Å²) in [5.74, 6) is 0. The number of hydrogen-bond donors (Lipinski definition) is 2. The van der Waals surface area contributed by atoms with E-state index in [9.17, 15) is 4.79 Å². The topological polar surface area (TPSA) is 44.4 Å². The van der Waals surface area contributed by atoms with Crippen molar-refractivity contribution in [2.75, 3.05) is 27.2 Å². The van der Waals surface area contributed by atoms with Crippen LogP contribution in [0.4, 0.5) is 4.79 Å². The van der Waals surface area contributed by atoms with Crippen LogP contribution in [0.5, 0.6) is 0 Å². The van der Waals surface area contributed by atoms with Crippen LogP contribution in [0.3, 0.4) is 0 Å². The Balaban J connectivity index is 2.31. The summed E-state index contributed by atoms with van der Waals surface area (Å²) >= 11 is 0. The maximum absolute atomic E-state index is 11.4. The molecule has 4 heteroatoms. The van der Waals surface area contributed by atoms with Crippen molar-refractivity contribution in [1.29, 1.82) is 0 Å². The van der Waals surface area contributed by atoms with Gasteiger partial charge in [-0.15, -0.1) is 0 Å². The first-order valence-corrected chi connectivity index (χ1v) is 7.82. The molecule has 0 bridgehead atoms. The van der Waals surface area contributed by atoms with Crippen LogP contribution >= 0.6 is 0 Å². The van der Waals surface area contributed by atoms with E-state index >= 15 is 0 Å². The van der Waals surface area contributed by atoms with Crippen LogP contribution in [0, 0.1) is 0 Å². The lowest BCUT2D eigenvalue weighted by Crippen LogP contribution is -2.38. The Kier molecular flexibility index (Phi) is 7.83. The number of benzene rings is 1. The quantitative estimate of drug-likeness (QED) is 0.723. The van der Waals surface area contributed by atoms with E-state index < -0.39 is 0 Å². The monoisotopic (exact) mass is 291 g/mol. The van der Waals surface area contributed by atoms with Crippen molar-refractivity contribution in [3.05, 3.63) is 35.4 Å². The van der Waals surface area contributed by atoms with Crippen LogP contribution in [0.2, 0.25) is 0 Å². The van der Waals surface area contributed by atoms with Crippen molar-refractivity contribution in [3.8, 4) is 0 Å². The minimum absolute atomic E-state index is 0.0512. The molecule has 0 radical (unpaired) electrons.